The first-order chi connectivity index (χ1) is 13.6. The van der Waals surface area contributed by atoms with E-state index in [2.05, 4.69) is 10.2 Å². The van der Waals surface area contributed by atoms with Crippen LogP contribution in [0.1, 0.15) is 17.2 Å². The molecule has 1 atom stereocenters. The molecule has 0 bridgehead atoms. The summed E-state index contributed by atoms with van der Waals surface area (Å²) in [5.41, 5.74) is 1.57. The highest BCUT2D eigenvalue weighted by atomic mass is 35.5. The topological polar surface area (TPSA) is 50.8 Å². The summed E-state index contributed by atoms with van der Waals surface area (Å²) in [6.45, 7) is 3.27. The van der Waals surface area contributed by atoms with E-state index in [9.17, 15) is 9.18 Å². The predicted molar refractivity (Wildman–Crippen MR) is 106 cm³/mol. The van der Waals surface area contributed by atoms with Gasteiger partial charge in [0.25, 0.3) is 0 Å². The smallest absolute Gasteiger partial charge is 0.224 e. The van der Waals surface area contributed by atoms with Crippen LogP contribution < -0.4 is 10.1 Å². The average molecular weight is 407 g/mol. The number of benzene rings is 2. The van der Waals surface area contributed by atoms with Gasteiger partial charge in [0.1, 0.15) is 0 Å². The second kappa shape index (κ2) is 9.87. The van der Waals surface area contributed by atoms with E-state index in [1.165, 1.54) is 19.2 Å². The van der Waals surface area contributed by atoms with Crippen molar-refractivity contribution in [2.75, 3.05) is 40.0 Å². The van der Waals surface area contributed by atoms with Gasteiger partial charge < -0.3 is 14.8 Å². The number of nitrogens with zero attached hydrogens (tertiary/aromatic N) is 1. The SMILES string of the molecule is COc1ccc(CC(=O)NCC(c2ccccc2Cl)N2CCOCC2)cc1F. The van der Waals surface area contributed by atoms with Crippen molar-refractivity contribution < 1.29 is 18.7 Å². The number of ether oxygens (including phenoxy) is 2. The molecule has 0 aliphatic carbocycles. The Morgan fingerprint density at radius 1 is 1.29 bits per heavy atom. The number of amides is 1. The lowest BCUT2D eigenvalue weighted by atomic mass is 10.0. The summed E-state index contributed by atoms with van der Waals surface area (Å²) in [5.74, 6) is -0.486. The first-order valence-electron chi connectivity index (χ1n) is 9.24. The van der Waals surface area contributed by atoms with E-state index in [1.54, 1.807) is 6.07 Å². The maximum Gasteiger partial charge on any atom is 0.224 e. The van der Waals surface area contributed by atoms with Gasteiger partial charge in [-0.25, -0.2) is 4.39 Å². The second-order valence-corrected chi connectivity index (χ2v) is 7.04. The molecular formula is C21H24ClFN2O3. The maximum atomic E-state index is 13.8. The molecule has 1 aliphatic rings. The number of methoxy groups -OCH3 is 1. The van der Waals surface area contributed by atoms with E-state index in [1.807, 2.05) is 24.3 Å². The lowest BCUT2D eigenvalue weighted by Gasteiger charge is -2.35. The number of halogens is 2. The molecule has 1 aliphatic heterocycles. The molecule has 150 valence electrons. The second-order valence-electron chi connectivity index (χ2n) is 6.64. The Morgan fingerprint density at radius 3 is 2.71 bits per heavy atom. The first kappa shape index (κ1) is 20.6. The lowest BCUT2D eigenvalue weighted by molar-refractivity contribution is -0.120. The van der Waals surface area contributed by atoms with Gasteiger partial charge in [-0.1, -0.05) is 35.9 Å². The highest BCUT2D eigenvalue weighted by molar-refractivity contribution is 6.31. The summed E-state index contributed by atoms with van der Waals surface area (Å²) >= 11 is 6.41. The predicted octanol–water partition coefficient (Wildman–Crippen LogP) is 3.22. The Morgan fingerprint density at radius 2 is 2.04 bits per heavy atom. The third-order valence-corrected chi connectivity index (χ3v) is 5.17. The van der Waals surface area contributed by atoms with Crippen LogP contribution in [0, 0.1) is 5.82 Å². The summed E-state index contributed by atoms with van der Waals surface area (Å²) < 4.78 is 24.2. The van der Waals surface area contributed by atoms with Gasteiger partial charge in [-0.2, -0.15) is 0 Å². The van der Waals surface area contributed by atoms with Gasteiger partial charge in [0.2, 0.25) is 5.91 Å². The lowest BCUT2D eigenvalue weighted by Crippen LogP contribution is -2.44. The Balaban J connectivity index is 1.66. The van der Waals surface area contributed by atoms with Crippen LogP contribution in [0.15, 0.2) is 42.5 Å². The van der Waals surface area contributed by atoms with Crippen molar-refractivity contribution in [2.24, 2.45) is 0 Å². The molecule has 1 saturated heterocycles. The molecule has 0 radical (unpaired) electrons. The van der Waals surface area contributed by atoms with E-state index in [0.717, 1.165) is 18.7 Å². The zero-order chi connectivity index (χ0) is 19.9. The average Bonchev–Trinajstić information content (AvgIpc) is 2.70. The van der Waals surface area contributed by atoms with Gasteiger partial charge in [-0.05, 0) is 29.3 Å². The minimum Gasteiger partial charge on any atom is -0.494 e. The van der Waals surface area contributed by atoms with Gasteiger partial charge >= 0.3 is 0 Å². The number of hydrogen-bond acceptors (Lipinski definition) is 4. The van der Waals surface area contributed by atoms with Crippen LogP contribution in [0.3, 0.4) is 0 Å². The maximum absolute atomic E-state index is 13.8. The summed E-state index contributed by atoms with van der Waals surface area (Å²) in [7, 11) is 1.41. The standard InChI is InChI=1S/C21H24ClFN2O3/c1-27-20-7-6-15(12-18(20)23)13-21(26)24-14-19(25-8-10-28-11-9-25)16-4-2-3-5-17(16)22/h2-7,12,19H,8-11,13-14H2,1H3,(H,24,26). The van der Waals surface area contributed by atoms with Crippen molar-refractivity contribution in [1.29, 1.82) is 0 Å². The summed E-state index contributed by atoms with van der Waals surface area (Å²) in [5, 5.41) is 3.64. The number of nitrogens with one attached hydrogen (secondary N) is 1. The van der Waals surface area contributed by atoms with E-state index in [4.69, 9.17) is 21.1 Å². The first-order valence-corrected chi connectivity index (χ1v) is 9.61. The number of carbonyl (C=O) groups is 1. The molecule has 5 nitrogen and oxygen atoms in total. The molecule has 2 aromatic rings. The van der Waals surface area contributed by atoms with Crippen LogP contribution in [0.4, 0.5) is 4.39 Å². The molecule has 1 N–H and O–H groups in total. The van der Waals surface area contributed by atoms with Crippen LogP contribution in [-0.4, -0.2) is 50.8 Å². The fourth-order valence-corrected chi connectivity index (χ4v) is 3.61. The van der Waals surface area contributed by atoms with Gasteiger partial charge in [0.05, 0.1) is 32.8 Å². The molecule has 2 aromatic carbocycles. The molecule has 7 heteroatoms. The Bertz CT molecular complexity index is 812. The Hall–Kier alpha value is -2.15. The van der Waals surface area contributed by atoms with Gasteiger partial charge in [-0.3, -0.25) is 9.69 Å². The largest absolute Gasteiger partial charge is 0.494 e. The molecule has 1 fully saturated rings. The summed E-state index contributed by atoms with van der Waals surface area (Å²) in [6.07, 6.45) is 0.0965. The Labute approximate surface area is 169 Å². The molecule has 3 rings (SSSR count). The molecule has 1 unspecified atom stereocenters. The molecule has 28 heavy (non-hydrogen) atoms. The van der Waals surface area contributed by atoms with Crippen molar-refractivity contribution >= 4 is 17.5 Å². The van der Waals surface area contributed by atoms with Crippen LogP contribution in [-0.2, 0) is 16.0 Å². The van der Waals surface area contributed by atoms with Crippen molar-refractivity contribution in [3.8, 4) is 5.75 Å². The van der Waals surface area contributed by atoms with E-state index < -0.39 is 5.82 Å². The highest BCUT2D eigenvalue weighted by Crippen LogP contribution is 2.27. The normalized spacial score (nSPS) is 15.8. The number of morpholine rings is 1. The van der Waals surface area contributed by atoms with Crippen LogP contribution >= 0.6 is 11.6 Å². The van der Waals surface area contributed by atoms with Crippen LogP contribution in [0.2, 0.25) is 5.02 Å². The van der Waals surface area contributed by atoms with Crippen molar-refractivity contribution in [2.45, 2.75) is 12.5 Å². The third kappa shape index (κ3) is 5.22. The molecule has 1 heterocycles. The summed E-state index contributed by atoms with van der Waals surface area (Å²) in [6, 6.07) is 12.2. The van der Waals surface area contributed by atoms with Crippen molar-refractivity contribution in [3.63, 3.8) is 0 Å². The quantitative estimate of drug-likeness (QED) is 0.767. The van der Waals surface area contributed by atoms with Gasteiger partial charge in [-0.15, -0.1) is 0 Å². The van der Waals surface area contributed by atoms with E-state index >= 15 is 0 Å². The molecular weight excluding hydrogens is 383 g/mol. The summed E-state index contributed by atoms with van der Waals surface area (Å²) in [4.78, 5) is 14.7. The highest BCUT2D eigenvalue weighted by Gasteiger charge is 2.24. The van der Waals surface area contributed by atoms with Crippen LogP contribution in [0.5, 0.6) is 5.75 Å². The number of hydrogen-bond donors (Lipinski definition) is 1. The zero-order valence-electron chi connectivity index (χ0n) is 15.8. The van der Waals surface area contributed by atoms with Gasteiger partial charge in [0, 0.05) is 24.7 Å². The number of carbonyl (C=O) groups excluding carboxylic acids is 1. The van der Waals surface area contributed by atoms with Crippen LogP contribution in [0.25, 0.3) is 0 Å². The minimum atomic E-state index is -0.477. The monoisotopic (exact) mass is 406 g/mol. The zero-order valence-corrected chi connectivity index (χ0v) is 16.5. The molecule has 0 spiro atoms. The van der Waals surface area contributed by atoms with E-state index in [0.29, 0.717) is 30.3 Å². The molecule has 0 aromatic heterocycles. The number of rotatable bonds is 7. The van der Waals surface area contributed by atoms with Gasteiger partial charge in [0.15, 0.2) is 11.6 Å². The van der Waals surface area contributed by atoms with Crippen molar-refractivity contribution in [1.82, 2.24) is 10.2 Å². The Kier molecular flexibility index (Phi) is 7.25. The molecule has 1 amide bonds. The molecule has 0 saturated carbocycles. The fourth-order valence-electron chi connectivity index (χ4n) is 3.35. The van der Waals surface area contributed by atoms with E-state index in [-0.39, 0.29) is 24.1 Å². The van der Waals surface area contributed by atoms with Crippen molar-refractivity contribution in [3.05, 3.63) is 64.4 Å². The minimum absolute atomic E-state index is 0.0471. The fraction of sp³-hybridized carbons (Fsp3) is 0.381. The third-order valence-electron chi connectivity index (χ3n) is 4.82.